The molecule has 2 heterocycles. The minimum absolute atomic E-state index is 0.152. The number of nitrogen functional groups attached to an aromatic ring is 1. The van der Waals surface area contributed by atoms with Crippen molar-refractivity contribution in [2.45, 2.75) is 20.3 Å². The van der Waals surface area contributed by atoms with Gasteiger partial charge in [0.15, 0.2) is 0 Å². The fourth-order valence-corrected chi connectivity index (χ4v) is 3.04. The molecule has 0 spiro atoms. The average molecular weight is 303 g/mol. The molecule has 0 aliphatic rings. The fraction of sp³-hybridized carbons (Fsp3) is 0.429. The van der Waals surface area contributed by atoms with E-state index in [0.29, 0.717) is 46.3 Å². The molecule has 0 saturated carbocycles. The highest BCUT2D eigenvalue weighted by molar-refractivity contribution is 7.21. The van der Waals surface area contributed by atoms with Gasteiger partial charge in [0, 0.05) is 25.5 Å². The molecule has 0 aromatic carbocycles. The molecule has 21 heavy (non-hydrogen) atoms. The molecule has 2 aromatic rings. The third-order valence-electron chi connectivity index (χ3n) is 2.92. The maximum atomic E-state index is 12.7. The van der Waals surface area contributed by atoms with Gasteiger partial charge in [-0.2, -0.15) is 5.26 Å². The largest absolute Gasteiger partial charge is 0.396 e. The molecular formula is C14H17N5OS. The van der Waals surface area contributed by atoms with Gasteiger partial charge in [-0.3, -0.25) is 4.79 Å². The van der Waals surface area contributed by atoms with Gasteiger partial charge in [0.25, 0.3) is 5.91 Å². The van der Waals surface area contributed by atoms with Gasteiger partial charge < -0.3 is 10.6 Å². The second-order valence-electron chi connectivity index (χ2n) is 5.11. The summed E-state index contributed by atoms with van der Waals surface area (Å²) in [5, 5.41) is 8.74. The van der Waals surface area contributed by atoms with E-state index in [0.717, 1.165) is 0 Å². The lowest BCUT2D eigenvalue weighted by molar-refractivity contribution is 0.0746. The number of hydrogen-bond acceptors (Lipinski definition) is 6. The minimum Gasteiger partial charge on any atom is -0.396 e. The predicted molar refractivity (Wildman–Crippen MR) is 82.8 cm³/mol. The molecule has 0 aliphatic heterocycles. The standard InChI is InChI=1S/C14H17N5OS/c1-9(2)8-19(7-3-4-15)14(20)12-10(16)11-13(21-12)18-6-5-17-11/h5-6,9H,3,7-8,16H2,1-2H3. The first kappa shape index (κ1) is 15.2. The number of rotatable bonds is 5. The van der Waals surface area contributed by atoms with E-state index in [9.17, 15) is 4.79 Å². The van der Waals surface area contributed by atoms with Gasteiger partial charge in [-0.15, -0.1) is 11.3 Å². The van der Waals surface area contributed by atoms with E-state index in [4.69, 9.17) is 11.0 Å². The normalized spacial score (nSPS) is 10.8. The van der Waals surface area contributed by atoms with Gasteiger partial charge in [-0.05, 0) is 5.92 Å². The number of aromatic nitrogens is 2. The van der Waals surface area contributed by atoms with Crippen molar-refractivity contribution in [3.63, 3.8) is 0 Å². The van der Waals surface area contributed by atoms with Crippen LogP contribution in [0.1, 0.15) is 29.9 Å². The number of hydrogen-bond donors (Lipinski definition) is 1. The van der Waals surface area contributed by atoms with Gasteiger partial charge in [-0.25, -0.2) is 9.97 Å². The Hall–Kier alpha value is -2.20. The number of fused-ring (bicyclic) bond motifs is 1. The summed E-state index contributed by atoms with van der Waals surface area (Å²) in [6.07, 6.45) is 3.44. The third kappa shape index (κ3) is 3.28. The van der Waals surface area contributed by atoms with Crippen LogP contribution in [0.5, 0.6) is 0 Å². The maximum Gasteiger partial charge on any atom is 0.266 e. The Balaban J connectivity index is 2.33. The number of amides is 1. The fourth-order valence-electron chi connectivity index (χ4n) is 2.05. The molecule has 1 amide bonds. The number of thiophene rings is 1. The molecule has 0 radical (unpaired) electrons. The molecule has 0 fully saturated rings. The van der Waals surface area contributed by atoms with Crippen molar-refractivity contribution < 1.29 is 4.79 Å². The molecular weight excluding hydrogens is 286 g/mol. The number of nitrogens with two attached hydrogens (primary N) is 1. The SMILES string of the molecule is CC(C)CN(CCC#N)C(=O)c1sc2nccnc2c1N. The minimum atomic E-state index is -0.152. The van der Waals surface area contributed by atoms with Crippen LogP contribution < -0.4 is 5.73 Å². The molecule has 2 N–H and O–H groups in total. The summed E-state index contributed by atoms with van der Waals surface area (Å²) < 4.78 is 0. The van der Waals surface area contributed by atoms with Crippen LogP contribution in [0.4, 0.5) is 5.69 Å². The highest BCUT2D eigenvalue weighted by Crippen LogP contribution is 2.31. The molecule has 7 heteroatoms. The zero-order valence-corrected chi connectivity index (χ0v) is 12.9. The van der Waals surface area contributed by atoms with E-state index >= 15 is 0 Å². The third-order valence-corrected chi connectivity index (χ3v) is 4.01. The lowest BCUT2D eigenvalue weighted by atomic mass is 10.2. The summed E-state index contributed by atoms with van der Waals surface area (Å²) in [6.45, 7) is 5.06. The van der Waals surface area contributed by atoms with Crippen molar-refractivity contribution in [2.75, 3.05) is 18.8 Å². The summed E-state index contributed by atoms with van der Waals surface area (Å²) in [5.41, 5.74) is 6.97. The van der Waals surface area contributed by atoms with Crippen molar-refractivity contribution in [3.05, 3.63) is 17.3 Å². The first-order valence-corrected chi connectivity index (χ1v) is 7.51. The van der Waals surface area contributed by atoms with Crippen LogP contribution in [0.15, 0.2) is 12.4 Å². The van der Waals surface area contributed by atoms with Crippen LogP contribution >= 0.6 is 11.3 Å². The number of carbonyl (C=O) groups is 1. The number of carbonyl (C=O) groups excluding carboxylic acids is 1. The lowest BCUT2D eigenvalue weighted by Gasteiger charge is -2.23. The van der Waals surface area contributed by atoms with Crippen LogP contribution in [0.3, 0.4) is 0 Å². The second kappa shape index (κ2) is 6.50. The van der Waals surface area contributed by atoms with Gasteiger partial charge >= 0.3 is 0 Å². The Morgan fingerprint density at radius 2 is 2.19 bits per heavy atom. The van der Waals surface area contributed by atoms with E-state index < -0.39 is 0 Å². The smallest absolute Gasteiger partial charge is 0.266 e. The van der Waals surface area contributed by atoms with Gasteiger partial charge in [0.05, 0.1) is 18.2 Å². The molecule has 2 aromatic heterocycles. The Bertz CT molecular complexity index is 688. The van der Waals surface area contributed by atoms with E-state index in [-0.39, 0.29) is 5.91 Å². The van der Waals surface area contributed by atoms with Crippen molar-refractivity contribution in [2.24, 2.45) is 5.92 Å². The van der Waals surface area contributed by atoms with Crippen LogP contribution in [0.25, 0.3) is 10.3 Å². The highest BCUT2D eigenvalue weighted by Gasteiger charge is 2.23. The summed E-state index contributed by atoms with van der Waals surface area (Å²) >= 11 is 1.25. The molecule has 6 nitrogen and oxygen atoms in total. The summed E-state index contributed by atoms with van der Waals surface area (Å²) in [7, 11) is 0. The van der Waals surface area contributed by atoms with E-state index in [1.54, 1.807) is 17.3 Å². The number of nitriles is 1. The maximum absolute atomic E-state index is 12.7. The van der Waals surface area contributed by atoms with Crippen LogP contribution in [-0.4, -0.2) is 33.9 Å². The predicted octanol–water partition coefficient (Wildman–Crippen LogP) is 2.29. The second-order valence-corrected chi connectivity index (χ2v) is 6.11. The molecule has 2 rings (SSSR count). The topological polar surface area (TPSA) is 95.9 Å². The molecule has 110 valence electrons. The van der Waals surface area contributed by atoms with Crippen LogP contribution in [0, 0.1) is 17.2 Å². The molecule has 0 aliphatic carbocycles. The number of anilines is 1. The van der Waals surface area contributed by atoms with Crippen molar-refractivity contribution >= 4 is 33.3 Å². The summed E-state index contributed by atoms with van der Waals surface area (Å²) in [5.74, 6) is 0.167. The highest BCUT2D eigenvalue weighted by atomic mass is 32.1. The van der Waals surface area contributed by atoms with Crippen LogP contribution in [-0.2, 0) is 0 Å². The van der Waals surface area contributed by atoms with E-state index in [1.165, 1.54) is 11.3 Å². The van der Waals surface area contributed by atoms with Crippen molar-refractivity contribution in [1.82, 2.24) is 14.9 Å². The Labute approximate surface area is 127 Å². The van der Waals surface area contributed by atoms with Crippen molar-refractivity contribution in [3.8, 4) is 6.07 Å². The average Bonchev–Trinajstić information content (AvgIpc) is 2.80. The number of nitrogens with zero attached hydrogens (tertiary/aromatic N) is 4. The zero-order valence-electron chi connectivity index (χ0n) is 12.0. The quantitative estimate of drug-likeness (QED) is 0.914. The van der Waals surface area contributed by atoms with E-state index in [1.807, 2.05) is 13.8 Å². The lowest BCUT2D eigenvalue weighted by Crippen LogP contribution is -2.34. The first-order valence-electron chi connectivity index (χ1n) is 6.69. The Kier molecular flexibility index (Phi) is 4.70. The van der Waals surface area contributed by atoms with Gasteiger partial charge in [0.1, 0.15) is 15.2 Å². The van der Waals surface area contributed by atoms with Gasteiger partial charge in [0.2, 0.25) is 0 Å². The summed E-state index contributed by atoms with van der Waals surface area (Å²) in [4.78, 5) is 23.8. The van der Waals surface area contributed by atoms with E-state index in [2.05, 4.69) is 16.0 Å². The first-order chi connectivity index (χ1) is 10.0. The van der Waals surface area contributed by atoms with Crippen molar-refractivity contribution in [1.29, 1.82) is 5.26 Å². The zero-order chi connectivity index (χ0) is 15.4. The molecule has 0 unspecified atom stereocenters. The molecule has 0 atom stereocenters. The molecule has 0 bridgehead atoms. The molecule has 0 saturated heterocycles. The van der Waals surface area contributed by atoms with Gasteiger partial charge in [-0.1, -0.05) is 13.8 Å². The Morgan fingerprint density at radius 3 is 2.81 bits per heavy atom. The Morgan fingerprint density at radius 1 is 1.48 bits per heavy atom. The van der Waals surface area contributed by atoms with Crippen LogP contribution in [0.2, 0.25) is 0 Å². The monoisotopic (exact) mass is 303 g/mol. The summed E-state index contributed by atoms with van der Waals surface area (Å²) in [6, 6.07) is 2.07.